The molecule has 0 heterocycles. The van der Waals surface area contributed by atoms with Gasteiger partial charge in [0.15, 0.2) is 0 Å². The lowest BCUT2D eigenvalue weighted by molar-refractivity contribution is 0.414. The zero-order valence-corrected chi connectivity index (χ0v) is 18.2. The van der Waals surface area contributed by atoms with Gasteiger partial charge in [0.2, 0.25) is 0 Å². The highest BCUT2D eigenvalue weighted by Crippen LogP contribution is 2.22. The minimum atomic E-state index is 0.656. The van der Waals surface area contributed by atoms with E-state index in [1.165, 1.54) is 16.7 Å². The van der Waals surface area contributed by atoms with E-state index in [9.17, 15) is 0 Å². The monoisotopic (exact) mass is 476 g/mol. The topological polar surface area (TPSA) is 18.5 Å². The molecule has 2 nitrogen and oxygen atoms in total. The molecule has 0 N–H and O–H groups in total. The van der Waals surface area contributed by atoms with Crippen molar-refractivity contribution in [1.82, 2.24) is 0 Å². The standard InChI is InChI=1S/C22H22Br2O2/c1-25-21-9-3-6-17(14-21)12-19(8-5-11-23)20(16-24)13-18-7-4-10-22(15-18)26-2/h3-4,6-7,9-10,14-15H,11-13,16H2,1-2H3/b20-19-. The SMILES string of the molecule is COc1cccc(C/C(C#CCBr)=C(\CBr)Cc2cccc(OC)c2)c1. The fourth-order valence-electron chi connectivity index (χ4n) is 2.65. The van der Waals surface area contributed by atoms with Crippen LogP contribution in [-0.4, -0.2) is 24.9 Å². The maximum atomic E-state index is 5.34. The van der Waals surface area contributed by atoms with Gasteiger partial charge in [-0.1, -0.05) is 68.0 Å². The lowest BCUT2D eigenvalue weighted by Gasteiger charge is -2.12. The number of alkyl halides is 2. The van der Waals surface area contributed by atoms with E-state index in [1.807, 2.05) is 24.3 Å². The minimum Gasteiger partial charge on any atom is -0.497 e. The van der Waals surface area contributed by atoms with Crippen LogP contribution in [0.15, 0.2) is 59.7 Å². The molecule has 0 atom stereocenters. The molecular weight excluding hydrogens is 456 g/mol. The molecule has 0 aliphatic carbocycles. The average Bonchev–Trinajstić information content (AvgIpc) is 2.69. The molecular formula is C22H22Br2O2. The molecule has 0 saturated heterocycles. The molecule has 4 heteroatoms. The molecule has 2 aromatic carbocycles. The van der Waals surface area contributed by atoms with Gasteiger partial charge in [0.25, 0.3) is 0 Å². The molecule has 0 unspecified atom stereocenters. The molecule has 0 aliphatic rings. The van der Waals surface area contributed by atoms with Crippen molar-refractivity contribution in [3.63, 3.8) is 0 Å². The summed E-state index contributed by atoms with van der Waals surface area (Å²) in [5.74, 6) is 8.23. The zero-order valence-electron chi connectivity index (χ0n) is 15.0. The van der Waals surface area contributed by atoms with Crippen LogP contribution in [0.2, 0.25) is 0 Å². The Balaban J connectivity index is 2.35. The van der Waals surface area contributed by atoms with Crippen LogP contribution in [0.3, 0.4) is 0 Å². The van der Waals surface area contributed by atoms with Crippen molar-refractivity contribution in [2.24, 2.45) is 0 Å². The van der Waals surface area contributed by atoms with Gasteiger partial charge in [-0.3, -0.25) is 0 Å². The largest absolute Gasteiger partial charge is 0.497 e. The van der Waals surface area contributed by atoms with Gasteiger partial charge in [0, 0.05) is 17.3 Å². The quantitative estimate of drug-likeness (QED) is 0.383. The van der Waals surface area contributed by atoms with E-state index in [0.29, 0.717) is 5.33 Å². The summed E-state index contributed by atoms with van der Waals surface area (Å²) in [6.45, 7) is 0. The number of methoxy groups -OCH3 is 2. The fraction of sp³-hybridized carbons (Fsp3) is 0.273. The van der Waals surface area contributed by atoms with E-state index in [4.69, 9.17) is 9.47 Å². The number of hydrogen-bond acceptors (Lipinski definition) is 2. The lowest BCUT2D eigenvalue weighted by atomic mass is 9.96. The highest BCUT2D eigenvalue weighted by Gasteiger charge is 2.08. The number of rotatable bonds is 7. The van der Waals surface area contributed by atoms with E-state index in [2.05, 4.69) is 68.0 Å². The third kappa shape index (κ3) is 6.23. The summed E-state index contributed by atoms with van der Waals surface area (Å²) in [5, 5.41) is 1.43. The summed E-state index contributed by atoms with van der Waals surface area (Å²) in [6.07, 6.45) is 1.61. The van der Waals surface area contributed by atoms with Crippen LogP contribution in [0, 0.1) is 11.8 Å². The number of hydrogen-bond donors (Lipinski definition) is 0. The van der Waals surface area contributed by atoms with Gasteiger partial charge < -0.3 is 9.47 Å². The summed E-state index contributed by atoms with van der Waals surface area (Å²) < 4.78 is 10.7. The average molecular weight is 478 g/mol. The first-order valence-corrected chi connectivity index (χ1v) is 10.5. The van der Waals surface area contributed by atoms with E-state index in [-0.39, 0.29) is 0 Å². The number of ether oxygens (including phenoxy) is 2. The smallest absolute Gasteiger partial charge is 0.119 e. The Hall–Kier alpha value is -1.70. The summed E-state index contributed by atoms with van der Waals surface area (Å²) in [5.41, 5.74) is 4.81. The molecule has 0 radical (unpaired) electrons. The Morgan fingerprint density at radius 2 is 1.46 bits per heavy atom. The molecule has 2 rings (SSSR count). The van der Waals surface area contributed by atoms with Crippen LogP contribution in [-0.2, 0) is 12.8 Å². The molecule has 0 bridgehead atoms. The first-order chi connectivity index (χ1) is 12.7. The summed E-state index contributed by atoms with van der Waals surface area (Å²) in [6, 6.07) is 16.3. The molecule has 0 fully saturated rings. The van der Waals surface area contributed by atoms with Crippen molar-refractivity contribution in [3.05, 3.63) is 70.8 Å². The minimum absolute atomic E-state index is 0.656. The lowest BCUT2D eigenvalue weighted by Crippen LogP contribution is -2.01. The van der Waals surface area contributed by atoms with E-state index >= 15 is 0 Å². The summed E-state index contributed by atoms with van der Waals surface area (Å²) >= 11 is 7.05. The van der Waals surface area contributed by atoms with E-state index in [0.717, 1.165) is 35.2 Å². The third-order valence-corrected chi connectivity index (χ3v) is 4.92. The van der Waals surface area contributed by atoms with Crippen molar-refractivity contribution < 1.29 is 9.47 Å². The summed E-state index contributed by atoms with van der Waals surface area (Å²) in [7, 11) is 3.38. The maximum Gasteiger partial charge on any atom is 0.119 e. The second kappa shape index (κ2) is 11.1. The van der Waals surface area contributed by atoms with Crippen molar-refractivity contribution in [2.45, 2.75) is 12.8 Å². The summed E-state index contributed by atoms with van der Waals surface area (Å²) in [4.78, 5) is 0. The van der Waals surface area contributed by atoms with E-state index in [1.54, 1.807) is 14.2 Å². The molecule has 0 amide bonds. The molecule has 0 aliphatic heterocycles. The van der Waals surface area contributed by atoms with Crippen molar-refractivity contribution in [2.75, 3.05) is 24.9 Å². The fourth-order valence-corrected chi connectivity index (χ4v) is 3.32. The Bertz CT molecular complexity index is 816. The van der Waals surface area contributed by atoms with Crippen LogP contribution < -0.4 is 9.47 Å². The zero-order chi connectivity index (χ0) is 18.8. The maximum absolute atomic E-state index is 5.34. The van der Waals surface area contributed by atoms with Crippen molar-refractivity contribution >= 4 is 31.9 Å². The predicted octanol–water partition coefficient (Wildman–Crippen LogP) is 5.58. The number of benzene rings is 2. The van der Waals surface area contributed by atoms with Crippen molar-refractivity contribution in [1.29, 1.82) is 0 Å². The number of halogens is 2. The van der Waals surface area contributed by atoms with Gasteiger partial charge in [-0.25, -0.2) is 0 Å². The van der Waals surface area contributed by atoms with Crippen LogP contribution in [0.25, 0.3) is 0 Å². The van der Waals surface area contributed by atoms with Gasteiger partial charge in [0.1, 0.15) is 11.5 Å². The van der Waals surface area contributed by atoms with Crippen LogP contribution in [0.1, 0.15) is 11.1 Å². The van der Waals surface area contributed by atoms with Gasteiger partial charge in [-0.05, 0) is 47.4 Å². The van der Waals surface area contributed by atoms with Gasteiger partial charge in [-0.2, -0.15) is 0 Å². The van der Waals surface area contributed by atoms with Gasteiger partial charge in [0.05, 0.1) is 19.5 Å². The first kappa shape index (κ1) is 20.6. The Morgan fingerprint density at radius 1 is 0.885 bits per heavy atom. The highest BCUT2D eigenvalue weighted by atomic mass is 79.9. The highest BCUT2D eigenvalue weighted by molar-refractivity contribution is 9.09. The first-order valence-electron chi connectivity index (χ1n) is 8.27. The molecule has 0 spiro atoms. The van der Waals surface area contributed by atoms with Crippen LogP contribution in [0.4, 0.5) is 0 Å². The van der Waals surface area contributed by atoms with Crippen LogP contribution >= 0.6 is 31.9 Å². The second-order valence-electron chi connectivity index (χ2n) is 5.71. The molecule has 0 saturated carbocycles. The van der Waals surface area contributed by atoms with Crippen molar-refractivity contribution in [3.8, 4) is 23.3 Å². The molecule has 136 valence electrons. The second-order valence-corrected chi connectivity index (χ2v) is 6.83. The normalized spacial score (nSPS) is 11.2. The molecule has 26 heavy (non-hydrogen) atoms. The Kier molecular flexibility index (Phi) is 8.80. The predicted molar refractivity (Wildman–Crippen MR) is 116 cm³/mol. The van der Waals surface area contributed by atoms with Crippen LogP contribution in [0.5, 0.6) is 11.5 Å². The molecule has 0 aromatic heterocycles. The van der Waals surface area contributed by atoms with Gasteiger partial charge in [-0.15, -0.1) is 0 Å². The van der Waals surface area contributed by atoms with Gasteiger partial charge >= 0.3 is 0 Å². The Labute approximate surface area is 172 Å². The number of allylic oxidation sites excluding steroid dienone is 2. The Morgan fingerprint density at radius 3 is 1.96 bits per heavy atom. The van der Waals surface area contributed by atoms with E-state index < -0.39 is 0 Å². The third-order valence-electron chi connectivity index (χ3n) is 3.96. The molecule has 2 aromatic rings.